The molecule has 0 heterocycles. The summed E-state index contributed by atoms with van der Waals surface area (Å²) in [4.78, 5) is 0.691. The summed E-state index contributed by atoms with van der Waals surface area (Å²) < 4.78 is 30.6. The van der Waals surface area contributed by atoms with E-state index in [0.717, 1.165) is 5.56 Å². The standard InChI is InChI=1S/C13H14O3S2/c14-18(15,16)17(13-9-5-2-6-10-13)11-12-7-3-1-4-8-12/h1-10H,11H2,(H2,14,15,16). The third-order valence-corrected chi connectivity index (χ3v) is 6.83. The summed E-state index contributed by atoms with van der Waals surface area (Å²) in [6.45, 7) is 0. The smallest absolute Gasteiger partial charge is 0.228 e. The fourth-order valence-electron chi connectivity index (χ4n) is 1.58. The Morgan fingerprint density at radius 2 is 1.39 bits per heavy atom. The quantitative estimate of drug-likeness (QED) is 0.910. The van der Waals surface area contributed by atoms with Crippen LogP contribution < -0.4 is 0 Å². The van der Waals surface area contributed by atoms with Crippen molar-refractivity contribution in [2.45, 2.75) is 10.6 Å². The topological polar surface area (TPSA) is 57.5 Å². The second-order valence-electron chi connectivity index (χ2n) is 3.74. The van der Waals surface area contributed by atoms with Gasteiger partial charge in [0.2, 0.25) is 9.05 Å². The van der Waals surface area contributed by atoms with Gasteiger partial charge in [0.15, 0.2) is 0 Å². The van der Waals surface area contributed by atoms with Crippen molar-refractivity contribution in [3.63, 3.8) is 0 Å². The number of hydrogen-bond donors (Lipinski definition) is 2. The second kappa shape index (κ2) is 5.67. The first-order valence-electron chi connectivity index (χ1n) is 5.37. The van der Waals surface area contributed by atoms with Crippen LogP contribution in [0.4, 0.5) is 0 Å². The summed E-state index contributed by atoms with van der Waals surface area (Å²) in [6.07, 6.45) is 0. The maximum absolute atomic E-state index is 11.6. The molecule has 18 heavy (non-hydrogen) atoms. The molecular formula is C13H14O3S2. The van der Waals surface area contributed by atoms with Crippen molar-refractivity contribution in [2.24, 2.45) is 0 Å². The summed E-state index contributed by atoms with van der Waals surface area (Å²) in [5, 5.41) is 0. The van der Waals surface area contributed by atoms with E-state index < -0.39 is 18.5 Å². The van der Waals surface area contributed by atoms with Crippen molar-refractivity contribution in [3.8, 4) is 0 Å². The Labute approximate surface area is 109 Å². The highest BCUT2D eigenvalue weighted by atomic mass is 32.9. The zero-order chi connectivity index (χ0) is 13.0. The van der Waals surface area contributed by atoms with E-state index in [2.05, 4.69) is 0 Å². The summed E-state index contributed by atoms with van der Waals surface area (Å²) >= 11 is 0. The van der Waals surface area contributed by atoms with Gasteiger partial charge in [0.05, 0.1) is 0 Å². The highest BCUT2D eigenvalue weighted by Gasteiger charge is 2.10. The van der Waals surface area contributed by atoms with E-state index in [1.54, 1.807) is 24.3 Å². The molecule has 0 aliphatic rings. The predicted octanol–water partition coefficient (Wildman–Crippen LogP) is 3.01. The van der Waals surface area contributed by atoms with Gasteiger partial charge in [-0.1, -0.05) is 48.5 Å². The largest absolute Gasteiger partial charge is 0.289 e. The molecule has 3 nitrogen and oxygen atoms in total. The van der Waals surface area contributed by atoms with Gasteiger partial charge in [-0.3, -0.25) is 9.11 Å². The normalized spacial score (nSPS) is 13.2. The average Bonchev–Trinajstić information content (AvgIpc) is 2.37. The summed E-state index contributed by atoms with van der Waals surface area (Å²) in [5.74, 6) is 0.358. The molecule has 0 fully saturated rings. The average molecular weight is 282 g/mol. The SMILES string of the molecule is O=S(O)(O)=S(Cc1ccccc1)c1ccccc1. The molecule has 2 N–H and O–H groups in total. The molecule has 2 aromatic rings. The molecule has 0 aromatic heterocycles. The number of hydrogen-bond acceptors (Lipinski definition) is 1. The highest BCUT2D eigenvalue weighted by molar-refractivity contribution is 8.42. The van der Waals surface area contributed by atoms with Crippen LogP contribution in [-0.4, -0.2) is 13.3 Å². The molecule has 0 aliphatic heterocycles. The second-order valence-corrected chi connectivity index (χ2v) is 8.59. The molecule has 0 spiro atoms. The van der Waals surface area contributed by atoms with Gasteiger partial charge in [-0.15, -0.1) is 0 Å². The number of benzene rings is 2. The van der Waals surface area contributed by atoms with Crippen molar-refractivity contribution in [1.82, 2.24) is 0 Å². The van der Waals surface area contributed by atoms with Crippen LogP contribution >= 0.6 is 0 Å². The molecule has 0 saturated carbocycles. The molecule has 0 amide bonds. The molecule has 96 valence electrons. The monoisotopic (exact) mass is 282 g/mol. The molecule has 0 aliphatic carbocycles. The van der Waals surface area contributed by atoms with Gasteiger partial charge in [-0.05, 0) is 27.2 Å². The molecule has 5 heteroatoms. The maximum atomic E-state index is 11.6. The van der Waals surface area contributed by atoms with E-state index in [9.17, 15) is 13.3 Å². The Morgan fingerprint density at radius 3 is 1.89 bits per heavy atom. The van der Waals surface area contributed by atoms with Crippen molar-refractivity contribution < 1.29 is 13.3 Å². The van der Waals surface area contributed by atoms with E-state index in [0.29, 0.717) is 10.6 Å². The van der Waals surface area contributed by atoms with Gasteiger partial charge in [0, 0.05) is 10.6 Å². The third-order valence-electron chi connectivity index (χ3n) is 2.41. The molecular weight excluding hydrogens is 268 g/mol. The van der Waals surface area contributed by atoms with Gasteiger partial charge in [0.1, 0.15) is 0 Å². The third kappa shape index (κ3) is 3.43. The number of rotatable bonds is 3. The zero-order valence-corrected chi connectivity index (χ0v) is 11.2. The molecule has 0 saturated heterocycles. The minimum atomic E-state index is -3.84. The lowest BCUT2D eigenvalue weighted by Crippen LogP contribution is -2.09. The van der Waals surface area contributed by atoms with E-state index in [4.69, 9.17) is 0 Å². The first kappa shape index (κ1) is 13.3. The molecule has 2 rings (SSSR count). The van der Waals surface area contributed by atoms with Crippen LogP contribution in [0.5, 0.6) is 0 Å². The van der Waals surface area contributed by atoms with Crippen molar-refractivity contribution in [2.75, 3.05) is 0 Å². The molecule has 1 unspecified atom stereocenters. The van der Waals surface area contributed by atoms with E-state index in [1.165, 1.54) is 0 Å². The fourth-order valence-corrected chi connectivity index (χ4v) is 5.06. The van der Waals surface area contributed by atoms with Gasteiger partial charge in [-0.25, -0.2) is 4.21 Å². The first-order chi connectivity index (χ1) is 8.57. The zero-order valence-electron chi connectivity index (χ0n) is 9.60. The van der Waals surface area contributed by atoms with Crippen molar-refractivity contribution in [3.05, 3.63) is 66.2 Å². The molecule has 0 bridgehead atoms. The Hall–Kier alpha value is -1.14. The van der Waals surface area contributed by atoms with Crippen LogP contribution in [0, 0.1) is 0 Å². The lowest BCUT2D eigenvalue weighted by Gasteiger charge is -2.10. The molecule has 0 radical (unpaired) electrons. The van der Waals surface area contributed by atoms with E-state index in [1.807, 2.05) is 36.4 Å². The summed E-state index contributed by atoms with van der Waals surface area (Å²) in [6, 6.07) is 18.4. The minimum absolute atomic E-state index is 0.358. The first-order valence-corrected chi connectivity index (χ1v) is 8.75. The highest BCUT2D eigenvalue weighted by Crippen LogP contribution is 2.16. The van der Waals surface area contributed by atoms with Crippen LogP contribution in [0.25, 0.3) is 0 Å². The minimum Gasteiger partial charge on any atom is -0.289 e. The van der Waals surface area contributed by atoms with Crippen LogP contribution in [0.2, 0.25) is 0 Å². The summed E-state index contributed by atoms with van der Waals surface area (Å²) in [5.41, 5.74) is 0.931. The van der Waals surface area contributed by atoms with E-state index >= 15 is 0 Å². The Bertz CT molecular complexity index is 622. The van der Waals surface area contributed by atoms with Crippen molar-refractivity contribution in [1.29, 1.82) is 0 Å². The van der Waals surface area contributed by atoms with Crippen LogP contribution in [-0.2, 0) is 24.3 Å². The maximum Gasteiger partial charge on any atom is 0.228 e. The van der Waals surface area contributed by atoms with Crippen LogP contribution in [0.3, 0.4) is 0 Å². The summed E-state index contributed by atoms with van der Waals surface area (Å²) in [7, 11) is -4.96. The molecule has 2 aromatic carbocycles. The van der Waals surface area contributed by atoms with Crippen LogP contribution in [0.15, 0.2) is 65.6 Å². The fraction of sp³-hybridized carbons (Fsp3) is 0.0769. The van der Waals surface area contributed by atoms with Gasteiger partial charge < -0.3 is 0 Å². The lowest BCUT2D eigenvalue weighted by molar-refractivity contribution is 0.449. The molecule has 1 atom stereocenters. The van der Waals surface area contributed by atoms with E-state index in [-0.39, 0.29) is 0 Å². The predicted molar refractivity (Wildman–Crippen MR) is 75.6 cm³/mol. The van der Waals surface area contributed by atoms with Crippen molar-refractivity contribution >= 4 is 18.5 Å². The Balaban J connectivity index is 2.45. The lowest BCUT2D eigenvalue weighted by atomic mass is 10.2. The Kier molecular flexibility index (Phi) is 4.19. The van der Waals surface area contributed by atoms with Crippen LogP contribution in [0.1, 0.15) is 5.56 Å². The van der Waals surface area contributed by atoms with Gasteiger partial charge >= 0.3 is 0 Å². The Morgan fingerprint density at radius 1 is 0.889 bits per heavy atom. The van der Waals surface area contributed by atoms with Gasteiger partial charge in [0.25, 0.3) is 0 Å². The van der Waals surface area contributed by atoms with Gasteiger partial charge in [-0.2, -0.15) is 0 Å².